The van der Waals surface area contributed by atoms with Crippen molar-refractivity contribution < 1.29 is 13.2 Å². The molecule has 1 atom stereocenters. The number of amides is 1. The smallest absolute Gasteiger partial charge is 0.255 e. The van der Waals surface area contributed by atoms with Gasteiger partial charge in [-0.05, 0) is 49.2 Å². The minimum Gasteiger partial charge on any atom is -0.350 e. The average molecular weight is 393 g/mol. The van der Waals surface area contributed by atoms with E-state index in [4.69, 9.17) is 11.6 Å². The third kappa shape index (κ3) is 5.89. The molecule has 2 aromatic rings. The van der Waals surface area contributed by atoms with E-state index in [0.29, 0.717) is 10.6 Å². The van der Waals surface area contributed by atoms with Crippen molar-refractivity contribution in [3.05, 3.63) is 70.1 Å². The fourth-order valence-corrected chi connectivity index (χ4v) is 3.12. The SMILES string of the molecule is CC[C@H](C)NC(=O)c1ccccc1NS(=O)(=O)/C=C/c1ccc(Cl)cc1. The first-order valence-corrected chi connectivity index (χ1v) is 10.1. The zero-order valence-electron chi connectivity index (χ0n) is 14.6. The van der Waals surface area contributed by atoms with Crippen LogP contribution < -0.4 is 10.0 Å². The molecule has 0 bridgehead atoms. The number of halogens is 1. The molecule has 0 fully saturated rings. The normalized spacial score (nSPS) is 12.7. The quantitative estimate of drug-likeness (QED) is 0.738. The summed E-state index contributed by atoms with van der Waals surface area (Å²) in [6, 6.07) is 13.3. The van der Waals surface area contributed by atoms with Crippen LogP contribution in [-0.2, 0) is 10.0 Å². The van der Waals surface area contributed by atoms with Gasteiger partial charge in [0.05, 0.1) is 16.7 Å². The van der Waals surface area contributed by atoms with E-state index in [2.05, 4.69) is 10.0 Å². The van der Waals surface area contributed by atoms with Gasteiger partial charge < -0.3 is 5.32 Å². The first kappa shape index (κ1) is 20.0. The lowest BCUT2D eigenvalue weighted by molar-refractivity contribution is 0.0940. The highest BCUT2D eigenvalue weighted by Crippen LogP contribution is 2.18. The molecule has 5 nitrogen and oxygen atoms in total. The fraction of sp³-hybridized carbons (Fsp3) is 0.211. The van der Waals surface area contributed by atoms with Crippen LogP contribution in [0.25, 0.3) is 6.08 Å². The maximum atomic E-state index is 12.4. The van der Waals surface area contributed by atoms with Gasteiger partial charge in [0.1, 0.15) is 0 Å². The summed E-state index contributed by atoms with van der Waals surface area (Å²) in [6.07, 6.45) is 2.24. The fourth-order valence-electron chi connectivity index (χ4n) is 2.10. The molecular weight excluding hydrogens is 372 g/mol. The molecule has 0 saturated heterocycles. The molecular formula is C19H21ClN2O3S. The highest BCUT2D eigenvalue weighted by Gasteiger charge is 2.15. The minimum atomic E-state index is -3.78. The molecule has 2 rings (SSSR count). The molecule has 0 unspecified atom stereocenters. The van der Waals surface area contributed by atoms with E-state index in [0.717, 1.165) is 11.8 Å². The number of sulfonamides is 1. The Kier molecular flexibility index (Phi) is 6.83. The number of hydrogen-bond acceptors (Lipinski definition) is 3. The number of hydrogen-bond donors (Lipinski definition) is 2. The molecule has 138 valence electrons. The molecule has 0 heterocycles. The second-order valence-corrected chi connectivity index (χ2v) is 7.83. The number of rotatable bonds is 7. The molecule has 0 saturated carbocycles. The lowest BCUT2D eigenvalue weighted by Crippen LogP contribution is -2.32. The Balaban J connectivity index is 2.19. The molecule has 2 aromatic carbocycles. The number of carbonyl (C=O) groups is 1. The molecule has 0 radical (unpaired) electrons. The summed E-state index contributed by atoms with van der Waals surface area (Å²) in [6.45, 7) is 3.85. The Bertz CT molecular complexity index is 893. The molecule has 1 amide bonds. The molecule has 2 N–H and O–H groups in total. The number of benzene rings is 2. The first-order chi connectivity index (χ1) is 12.3. The predicted octanol–water partition coefficient (Wildman–Crippen LogP) is 4.28. The zero-order chi connectivity index (χ0) is 19.2. The van der Waals surface area contributed by atoms with Crippen LogP contribution >= 0.6 is 11.6 Å². The van der Waals surface area contributed by atoms with Gasteiger partial charge in [-0.25, -0.2) is 8.42 Å². The van der Waals surface area contributed by atoms with Gasteiger partial charge in [0.2, 0.25) is 0 Å². The third-order valence-corrected chi connectivity index (χ3v) is 4.97. The van der Waals surface area contributed by atoms with Gasteiger partial charge in [-0.1, -0.05) is 42.8 Å². The Morgan fingerprint density at radius 2 is 1.81 bits per heavy atom. The summed E-state index contributed by atoms with van der Waals surface area (Å²) >= 11 is 5.81. The van der Waals surface area contributed by atoms with Crippen LogP contribution in [0.5, 0.6) is 0 Å². The van der Waals surface area contributed by atoms with E-state index in [1.807, 2.05) is 13.8 Å². The zero-order valence-corrected chi connectivity index (χ0v) is 16.1. The lowest BCUT2D eigenvalue weighted by atomic mass is 10.1. The van der Waals surface area contributed by atoms with Crippen LogP contribution in [0.2, 0.25) is 5.02 Å². The van der Waals surface area contributed by atoms with Crippen molar-refractivity contribution in [3.8, 4) is 0 Å². The van der Waals surface area contributed by atoms with Gasteiger partial charge in [0.25, 0.3) is 15.9 Å². The van der Waals surface area contributed by atoms with Crippen molar-refractivity contribution in [3.63, 3.8) is 0 Å². The standard InChI is InChI=1S/C19H21ClN2O3S/c1-3-14(2)21-19(23)17-6-4-5-7-18(17)22-26(24,25)13-12-15-8-10-16(20)11-9-15/h4-14,22H,3H2,1-2H3,(H,21,23)/b13-12+/t14-/m0/s1. The van der Waals surface area contributed by atoms with E-state index in [9.17, 15) is 13.2 Å². The largest absolute Gasteiger partial charge is 0.350 e. The molecule has 0 spiro atoms. The van der Waals surface area contributed by atoms with Gasteiger partial charge >= 0.3 is 0 Å². The van der Waals surface area contributed by atoms with Crippen molar-refractivity contribution in [1.29, 1.82) is 0 Å². The lowest BCUT2D eigenvalue weighted by Gasteiger charge is -2.14. The van der Waals surface area contributed by atoms with Crippen molar-refractivity contribution in [2.75, 3.05) is 4.72 Å². The average Bonchev–Trinajstić information content (AvgIpc) is 2.61. The summed E-state index contributed by atoms with van der Waals surface area (Å²) in [4.78, 5) is 12.4. The van der Waals surface area contributed by atoms with Crippen molar-refractivity contribution >= 4 is 39.3 Å². The summed E-state index contributed by atoms with van der Waals surface area (Å²) in [5, 5.41) is 4.46. The number of anilines is 1. The number of para-hydroxylation sites is 1. The van der Waals surface area contributed by atoms with Crippen LogP contribution in [-0.4, -0.2) is 20.4 Å². The summed E-state index contributed by atoms with van der Waals surface area (Å²) in [5.74, 6) is -0.320. The molecule has 0 aliphatic carbocycles. The maximum Gasteiger partial charge on any atom is 0.255 e. The monoisotopic (exact) mass is 392 g/mol. The topological polar surface area (TPSA) is 75.3 Å². The second-order valence-electron chi connectivity index (χ2n) is 5.83. The van der Waals surface area contributed by atoms with Gasteiger partial charge in [0, 0.05) is 11.1 Å². The maximum absolute atomic E-state index is 12.4. The van der Waals surface area contributed by atoms with E-state index < -0.39 is 10.0 Å². The van der Waals surface area contributed by atoms with Gasteiger partial charge in [0.15, 0.2) is 0 Å². The number of nitrogens with one attached hydrogen (secondary N) is 2. The van der Waals surface area contributed by atoms with Crippen LogP contribution in [0.3, 0.4) is 0 Å². The summed E-state index contributed by atoms with van der Waals surface area (Å²) in [7, 11) is -3.78. The third-order valence-electron chi connectivity index (χ3n) is 3.72. The van der Waals surface area contributed by atoms with Crippen LogP contribution in [0.15, 0.2) is 53.9 Å². The Morgan fingerprint density at radius 1 is 1.15 bits per heavy atom. The van der Waals surface area contributed by atoms with Crippen molar-refractivity contribution in [1.82, 2.24) is 5.32 Å². The van der Waals surface area contributed by atoms with E-state index >= 15 is 0 Å². The summed E-state index contributed by atoms with van der Waals surface area (Å²) < 4.78 is 27.1. The van der Waals surface area contributed by atoms with Gasteiger partial charge in [-0.2, -0.15) is 0 Å². The van der Waals surface area contributed by atoms with Crippen LogP contribution in [0, 0.1) is 0 Å². The van der Waals surface area contributed by atoms with Crippen molar-refractivity contribution in [2.24, 2.45) is 0 Å². The molecule has 0 aliphatic heterocycles. The molecule has 0 aliphatic rings. The van der Waals surface area contributed by atoms with E-state index in [1.165, 1.54) is 6.08 Å². The predicted molar refractivity (Wildman–Crippen MR) is 107 cm³/mol. The highest BCUT2D eigenvalue weighted by atomic mass is 35.5. The van der Waals surface area contributed by atoms with Gasteiger partial charge in [-0.3, -0.25) is 9.52 Å². The highest BCUT2D eigenvalue weighted by molar-refractivity contribution is 7.95. The van der Waals surface area contributed by atoms with Gasteiger partial charge in [-0.15, -0.1) is 0 Å². The van der Waals surface area contributed by atoms with Crippen LogP contribution in [0.4, 0.5) is 5.69 Å². The van der Waals surface area contributed by atoms with Crippen LogP contribution in [0.1, 0.15) is 36.2 Å². The van der Waals surface area contributed by atoms with E-state index in [-0.39, 0.29) is 23.2 Å². The number of carbonyl (C=O) groups excluding carboxylic acids is 1. The Labute approximate surface area is 159 Å². The second kappa shape index (κ2) is 8.87. The Hall–Kier alpha value is -2.31. The molecule has 0 aromatic heterocycles. The van der Waals surface area contributed by atoms with E-state index in [1.54, 1.807) is 48.5 Å². The molecule has 7 heteroatoms. The summed E-state index contributed by atoms with van der Waals surface area (Å²) in [5.41, 5.74) is 1.20. The Morgan fingerprint density at radius 3 is 2.46 bits per heavy atom. The van der Waals surface area contributed by atoms with Crippen molar-refractivity contribution in [2.45, 2.75) is 26.3 Å². The minimum absolute atomic E-state index is 0.00281. The molecule has 26 heavy (non-hydrogen) atoms. The first-order valence-electron chi connectivity index (χ1n) is 8.17.